The summed E-state index contributed by atoms with van der Waals surface area (Å²) in [4.78, 5) is 4.24. The quantitative estimate of drug-likeness (QED) is 0.747. The Hall–Kier alpha value is -2.52. The molecular formula is C16H19N5O3S. The van der Waals surface area contributed by atoms with Crippen LogP contribution in [-0.4, -0.2) is 28.2 Å². The normalized spacial score (nSPS) is 13.1. The lowest BCUT2D eigenvalue weighted by Crippen LogP contribution is -2.29. The molecule has 0 unspecified atom stereocenters. The first-order chi connectivity index (χ1) is 11.8. The number of nitrogens with one attached hydrogen (secondary N) is 1. The van der Waals surface area contributed by atoms with Gasteiger partial charge in [-0.15, -0.1) is 10.2 Å². The number of sulfonamides is 1. The molecule has 9 heteroatoms. The summed E-state index contributed by atoms with van der Waals surface area (Å²) in [5, 5.41) is 7.72. The minimum atomic E-state index is -3.75. The molecule has 0 amide bonds. The fraction of sp³-hybridized carbons (Fsp3) is 0.312. The van der Waals surface area contributed by atoms with Crippen molar-refractivity contribution in [2.24, 2.45) is 7.05 Å². The topological polar surface area (TPSA) is 103 Å². The third-order valence-electron chi connectivity index (χ3n) is 3.85. The van der Waals surface area contributed by atoms with Crippen molar-refractivity contribution in [3.63, 3.8) is 0 Å². The molecule has 1 atom stereocenters. The molecule has 0 spiro atoms. The second-order valence-corrected chi connectivity index (χ2v) is 7.55. The van der Waals surface area contributed by atoms with Crippen LogP contribution in [0.25, 0.3) is 11.3 Å². The third kappa shape index (κ3) is 3.47. The highest BCUT2D eigenvalue weighted by Crippen LogP contribution is 2.26. The lowest BCUT2D eigenvalue weighted by Gasteiger charge is -2.15. The summed E-state index contributed by atoms with van der Waals surface area (Å²) in [5.74, 6) is 1.58. The van der Waals surface area contributed by atoms with E-state index in [0.29, 0.717) is 28.6 Å². The van der Waals surface area contributed by atoms with Crippen molar-refractivity contribution in [1.82, 2.24) is 24.5 Å². The van der Waals surface area contributed by atoms with E-state index in [-0.39, 0.29) is 4.90 Å². The molecule has 0 bridgehead atoms. The molecule has 25 heavy (non-hydrogen) atoms. The maximum Gasteiger partial charge on any atom is 0.241 e. The van der Waals surface area contributed by atoms with Crippen LogP contribution < -0.4 is 4.72 Å². The van der Waals surface area contributed by atoms with Crippen molar-refractivity contribution >= 4 is 10.0 Å². The van der Waals surface area contributed by atoms with Gasteiger partial charge in [0.25, 0.3) is 0 Å². The van der Waals surface area contributed by atoms with E-state index in [9.17, 15) is 8.42 Å². The van der Waals surface area contributed by atoms with Gasteiger partial charge >= 0.3 is 0 Å². The molecule has 0 saturated heterocycles. The van der Waals surface area contributed by atoms with Crippen molar-refractivity contribution in [2.45, 2.75) is 31.7 Å². The maximum atomic E-state index is 12.8. The Morgan fingerprint density at radius 1 is 1.28 bits per heavy atom. The Bertz CT molecular complexity index is 1010. The van der Waals surface area contributed by atoms with Gasteiger partial charge in [-0.3, -0.25) is 0 Å². The van der Waals surface area contributed by atoms with E-state index >= 15 is 0 Å². The molecular weight excluding hydrogens is 342 g/mol. The molecule has 3 aromatic rings. The molecule has 8 nitrogen and oxygen atoms in total. The van der Waals surface area contributed by atoms with Crippen LogP contribution in [0.4, 0.5) is 0 Å². The van der Waals surface area contributed by atoms with E-state index in [1.54, 1.807) is 56.8 Å². The highest BCUT2D eigenvalue weighted by atomic mass is 32.2. The van der Waals surface area contributed by atoms with Crippen molar-refractivity contribution in [1.29, 1.82) is 0 Å². The van der Waals surface area contributed by atoms with Gasteiger partial charge in [0, 0.05) is 19.5 Å². The lowest BCUT2D eigenvalue weighted by atomic mass is 10.1. The summed E-state index contributed by atoms with van der Waals surface area (Å²) in [5.41, 5.74) is 1.29. The summed E-state index contributed by atoms with van der Waals surface area (Å²) in [6.07, 6.45) is 3.10. The number of benzene rings is 1. The van der Waals surface area contributed by atoms with Gasteiger partial charge in [-0.25, -0.2) is 18.1 Å². The van der Waals surface area contributed by atoms with Crippen LogP contribution in [0, 0.1) is 13.8 Å². The molecule has 0 saturated carbocycles. The SMILES string of the molecule is Cc1ncc(-c2ccc(C)c(S(=O)(=O)N[C@H](C)c3nncn3C)c2)o1. The highest BCUT2D eigenvalue weighted by molar-refractivity contribution is 7.89. The molecule has 0 aliphatic rings. The van der Waals surface area contributed by atoms with Gasteiger partial charge in [0.2, 0.25) is 10.0 Å². The first-order valence-electron chi connectivity index (χ1n) is 7.67. The molecule has 0 radical (unpaired) electrons. The second-order valence-electron chi connectivity index (χ2n) is 5.87. The summed E-state index contributed by atoms with van der Waals surface area (Å²) in [7, 11) is -1.99. The summed E-state index contributed by atoms with van der Waals surface area (Å²) in [6.45, 7) is 5.21. The molecule has 0 fully saturated rings. The van der Waals surface area contributed by atoms with Gasteiger partial charge in [-0.05, 0) is 25.5 Å². The average molecular weight is 361 g/mol. The first-order valence-corrected chi connectivity index (χ1v) is 9.16. The zero-order valence-electron chi connectivity index (χ0n) is 14.4. The molecule has 2 heterocycles. The van der Waals surface area contributed by atoms with Crippen LogP contribution in [0.5, 0.6) is 0 Å². The molecule has 2 aromatic heterocycles. The summed E-state index contributed by atoms with van der Waals surface area (Å²) >= 11 is 0. The fourth-order valence-electron chi connectivity index (χ4n) is 2.57. The number of aromatic nitrogens is 4. The van der Waals surface area contributed by atoms with Gasteiger partial charge in [0.05, 0.1) is 17.1 Å². The number of hydrogen-bond donors (Lipinski definition) is 1. The van der Waals surface area contributed by atoms with Gasteiger partial charge in [0.1, 0.15) is 12.2 Å². The van der Waals surface area contributed by atoms with E-state index < -0.39 is 16.1 Å². The van der Waals surface area contributed by atoms with Crippen LogP contribution in [0.2, 0.25) is 0 Å². The van der Waals surface area contributed by atoms with Gasteiger partial charge in [-0.1, -0.05) is 12.1 Å². The number of oxazole rings is 1. The van der Waals surface area contributed by atoms with Crippen molar-refractivity contribution in [3.05, 3.63) is 48.0 Å². The van der Waals surface area contributed by atoms with Gasteiger partial charge < -0.3 is 8.98 Å². The van der Waals surface area contributed by atoms with Crippen molar-refractivity contribution in [2.75, 3.05) is 0 Å². The van der Waals surface area contributed by atoms with Crippen LogP contribution in [0.1, 0.15) is 30.2 Å². The fourth-order valence-corrected chi connectivity index (χ4v) is 4.04. The average Bonchev–Trinajstić information content (AvgIpc) is 3.15. The highest BCUT2D eigenvalue weighted by Gasteiger charge is 2.23. The van der Waals surface area contributed by atoms with E-state index in [1.165, 1.54) is 6.33 Å². The van der Waals surface area contributed by atoms with Crippen molar-refractivity contribution < 1.29 is 12.8 Å². The Labute approximate surface area is 146 Å². The van der Waals surface area contributed by atoms with E-state index in [0.717, 1.165) is 0 Å². The Balaban J connectivity index is 1.95. The lowest BCUT2D eigenvalue weighted by molar-refractivity contribution is 0.534. The van der Waals surface area contributed by atoms with Crippen LogP contribution in [0.3, 0.4) is 0 Å². The summed E-state index contributed by atoms with van der Waals surface area (Å²) in [6, 6.07) is 4.61. The largest absolute Gasteiger partial charge is 0.441 e. The van der Waals surface area contributed by atoms with E-state index in [2.05, 4.69) is 19.9 Å². The Morgan fingerprint density at radius 3 is 2.64 bits per heavy atom. The second kappa shape index (κ2) is 6.41. The number of hydrogen-bond acceptors (Lipinski definition) is 6. The standard InChI is InChI=1S/C16H19N5O3S/c1-10-5-6-13(14-8-17-12(3)24-14)7-15(10)25(22,23)20-11(2)16-19-18-9-21(16)4/h5-9,11,20H,1-4H3/t11-/m1/s1. The zero-order valence-corrected chi connectivity index (χ0v) is 15.2. The molecule has 0 aliphatic heterocycles. The van der Waals surface area contributed by atoms with E-state index in [1.807, 2.05) is 0 Å². The van der Waals surface area contributed by atoms with Crippen LogP contribution in [-0.2, 0) is 17.1 Å². The number of nitrogens with zero attached hydrogens (tertiary/aromatic N) is 4. The summed E-state index contributed by atoms with van der Waals surface area (Å²) < 4.78 is 35.5. The first kappa shape index (κ1) is 17.3. The maximum absolute atomic E-state index is 12.8. The molecule has 1 aromatic carbocycles. The Morgan fingerprint density at radius 2 is 2.04 bits per heavy atom. The third-order valence-corrected chi connectivity index (χ3v) is 5.53. The minimum Gasteiger partial charge on any atom is -0.441 e. The molecule has 0 aliphatic carbocycles. The predicted octanol–water partition coefficient (Wildman–Crippen LogP) is 2.13. The molecule has 1 N–H and O–H groups in total. The molecule has 3 rings (SSSR count). The Kier molecular flexibility index (Phi) is 4.44. The van der Waals surface area contributed by atoms with E-state index in [4.69, 9.17) is 4.42 Å². The van der Waals surface area contributed by atoms with Crippen LogP contribution in [0.15, 0.2) is 40.0 Å². The van der Waals surface area contributed by atoms with Gasteiger partial charge in [-0.2, -0.15) is 0 Å². The van der Waals surface area contributed by atoms with Gasteiger partial charge in [0.15, 0.2) is 11.7 Å². The van der Waals surface area contributed by atoms with Crippen LogP contribution >= 0.6 is 0 Å². The smallest absolute Gasteiger partial charge is 0.241 e. The zero-order chi connectivity index (χ0) is 18.2. The predicted molar refractivity (Wildman–Crippen MR) is 91.2 cm³/mol. The molecule has 132 valence electrons. The van der Waals surface area contributed by atoms with Crippen molar-refractivity contribution in [3.8, 4) is 11.3 Å². The number of aryl methyl sites for hydroxylation is 3. The number of rotatable bonds is 5. The minimum absolute atomic E-state index is 0.188. The monoisotopic (exact) mass is 361 g/mol.